The summed E-state index contributed by atoms with van der Waals surface area (Å²) in [5.74, 6) is 0.116. The van der Waals surface area contributed by atoms with E-state index in [-0.39, 0.29) is 5.91 Å². The molecule has 1 saturated heterocycles. The highest BCUT2D eigenvalue weighted by atomic mass is 19.1. The molecule has 0 atom stereocenters. The number of nitrogens with zero attached hydrogens (tertiary/aromatic N) is 5. The minimum absolute atomic E-state index is 0.151. The van der Waals surface area contributed by atoms with E-state index in [1.807, 2.05) is 0 Å². The van der Waals surface area contributed by atoms with Gasteiger partial charge in [-0.05, 0) is 24.6 Å². The molecule has 1 amide bonds. The van der Waals surface area contributed by atoms with Crippen LogP contribution >= 0.6 is 0 Å². The molecule has 27 heavy (non-hydrogen) atoms. The van der Waals surface area contributed by atoms with Crippen molar-refractivity contribution in [2.24, 2.45) is 0 Å². The molecule has 0 bridgehead atoms. The number of aromatic nitrogens is 3. The highest BCUT2D eigenvalue weighted by molar-refractivity contribution is 5.84. The third kappa shape index (κ3) is 3.31. The zero-order valence-corrected chi connectivity index (χ0v) is 14.4. The van der Waals surface area contributed by atoms with Gasteiger partial charge < -0.3 is 9.64 Å². The number of ether oxygens (including phenoxy) is 1. The molecule has 0 saturated carbocycles. The van der Waals surface area contributed by atoms with Gasteiger partial charge >= 0.3 is 0 Å². The molecule has 1 fully saturated rings. The van der Waals surface area contributed by atoms with Gasteiger partial charge in [0, 0.05) is 30.3 Å². The minimum Gasteiger partial charge on any atom is -0.490 e. The molecule has 0 aromatic carbocycles. The van der Waals surface area contributed by atoms with E-state index in [2.05, 4.69) is 16.2 Å². The van der Waals surface area contributed by atoms with Gasteiger partial charge in [-0.2, -0.15) is 14.8 Å². The zero-order valence-electron chi connectivity index (χ0n) is 14.4. The molecule has 1 aliphatic rings. The smallest absolute Gasteiger partial charge is 0.222 e. The Bertz CT molecular complexity index is 1040. The van der Waals surface area contributed by atoms with E-state index in [1.54, 1.807) is 27.7 Å². The summed E-state index contributed by atoms with van der Waals surface area (Å²) in [6.07, 6.45) is 6.05. The van der Waals surface area contributed by atoms with Crippen LogP contribution in [-0.4, -0.2) is 45.1 Å². The molecule has 4 rings (SSSR count). The molecular weight excluding hydrogens is 349 g/mol. The van der Waals surface area contributed by atoms with Gasteiger partial charge in [0.15, 0.2) is 0 Å². The fraction of sp³-hybridized carbons (Fsp3) is 0.263. The number of fused-ring (bicyclic) bond motifs is 1. The summed E-state index contributed by atoms with van der Waals surface area (Å²) < 4.78 is 20.6. The number of hydrogen-bond acceptors (Lipinski definition) is 5. The van der Waals surface area contributed by atoms with Gasteiger partial charge in [-0.15, -0.1) is 0 Å². The second-order valence-electron chi connectivity index (χ2n) is 6.26. The fourth-order valence-corrected chi connectivity index (χ4v) is 3.23. The molecule has 7 nitrogen and oxygen atoms in total. The largest absolute Gasteiger partial charge is 0.490 e. The third-order valence-corrected chi connectivity index (χ3v) is 4.55. The van der Waals surface area contributed by atoms with Gasteiger partial charge in [-0.25, -0.2) is 9.50 Å². The number of carbonyl (C=O) groups excluding carboxylic acids is 1. The van der Waals surface area contributed by atoms with Crippen molar-refractivity contribution in [3.8, 4) is 22.9 Å². The Labute approximate surface area is 154 Å². The summed E-state index contributed by atoms with van der Waals surface area (Å²) >= 11 is 0. The van der Waals surface area contributed by atoms with E-state index in [1.165, 1.54) is 18.5 Å². The lowest BCUT2D eigenvalue weighted by molar-refractivity contribution is -0.128. The summed E-state index contributed by atoms with van der Waals surface area (Å²) in [5, 5.41) is 13.6. The van der Waals surface area contributed by atoms with Crippen molar-refractivity contribution in [3.05, 3.63) is 48.3 Å². The monoisotopic (exact) mass is 365 g/mol. The third-order valence-electron chi connectivity index (χ3n) is 4.55. The van der Waals surface area contributed by atoms with Crippen LogP contribution in [0.5, 0.6) is 5.75 Å². The molecule has 0 radical (unpaired) electrons. The van der Waals surface area contributed by atoms with E-state index in [9.17, 15) is 14.4 Å². The first kappa shape index (κ1) is 17.0. The molecule has 1 aliphatic heterocycles. The van der Waals surface area contributed by atoms with E-state index in [0.717, 1.165) is 13.0 Å². The summed E-state index contributed by atoms with van der Waals surface area (Å²) in [4.78, 5) is 17.2. The number of carbonyl (C=O) groups is 1. The van der Waals surface area contributed by atoms with Crippen LogP contribution in [0, 0.1) is 17.3 Å². The Balaban J connectivity index is 1.65. The number of amides is 1. The zero-order chi connectivity index (χ0) is 18.8. The van der Waals surface area contributed by atoms with E-state index in [0.29, 0.717) is 47.5 Å². The van der Waals surface area contributed by atoms with E-state index < -0.39 is 5.95 Å². The second-order valence-corrected chi connectivity index (χ2v) is 6.26. The number of rotatable bonds is 5. The van der Waals surface area contributed by atoms with Crippen LogP contribution < -0.4 is 4.74 Å². The number of likely N-dealkylation sites (tertiary alicyclic amines) is 1. The van der Waals surface area contributed by atoms with Crippen molar-refractivity contribution in [1.29, 1.82) is 5.26 Å². The van der Waals surface area contributed by atoms with Crippen molar-refractivity contribution < 1.29 is 13.9 Å². The lowest BCUT2D eigenvalue weighted by atomic mass is 10.1. The molecule has 3 aromatic rings. The molecule has 4 heterocycles. The second kappa shape index (κ2) is 7.03. The maximum Gasteiger partial charge on any atom is 0.222 e. The molecule has 0 spiro atoms. The Hall–Kier alpha value is -3.47. The van der Waals surface area contributed by atoms with Crippen LogP contribution in [0.2, 0.25) is 0 Å². The summed E-state index contributed by atoms with van der Waals surface area (Å²) in [6.45, 7) is 1.63. The SMILES string of the molecule is N#Cc1cnn2cc(OCCN3CCCC3=O)cc(-c3ccc(F)nc3)c12. The van der Waals surface area contributed by atoms with Gasteiger partial charge in [-0.1, -0.05) is 0 Å². The van der Waals surface area contributed by atoms with Crippen molar-refractivity contribution in [1.82, 2.24) is 19.5 Å². The van der Waals surface area contributed by atoms with Crippen LogP contribution in [-0.2, 0) is 4.79 Å². The molecular formula is C19H16FN5O2. The Morgan fingerprint density at radius 3 is 2.93 bits per heavy atom. The average molecular weight is 365 g/mol. The highest BCUT2D eigenvalue weighted by Crippen LogP contribution is 2.30. The van der Waals surface area contributed by atoms with Crippen LogP contribution in [0.1, 0.15) is 18.4 Å². The van der Waals surface area contributed by atoms with Crippen LogP contribution in [0.3, 0.4) is 0 Å². The summed E-state index contributed by atoms with van der Waals surface area (Å²) in [5.41, 5.74) is 2.33. The van der Waals surface area contributed by atoms with E-state index in [4.69, 9.17) is 4.74 Å². The standard InChI is InChI=1S/C19H16FN5O2/c20-17-4-3-13(10-22-17)16-8-15(12-25-19(16)14(9-21)11-23-25)27-7-6-24-5-1-2-18(24)26/h3-4,8,10-12H,1-2,5-7H2. The maximum absolute atomic E-state index is 13.2. The average Bonchev–Trinajstić information content (AvgIpc) is 3.28. The van der Waals surface area contributed by atoms with Crippen LogP contribution in [0.15, 0.2) is 36.8 Å². The van der Waals surface area contributed by atoms with Crippen molar-refractivity contribution in [3.63, 3.8) is 0 Å². The topological polar surface area (TPSA) is 83.5 Å². The van der Waals surface area contributed by atoms with Crippen molar-refractivity contribution in [2.45, 2.75) is 12.8 Å². The van der Waals surface area contributed by atoms with Gasteiger partial charge in [0.25, 0.3) is 0 Å². The number of halogens is 1. The lowest BCUT2D eigenvalue weighted by Gasteiger charge is -2.16. The van der Waals surface area contributed by atoms with Gasteiger partial charge in [0.1, 0.15) is 18.4 Å². The first-order chi connectivity index (χ1) is 13.2. The molecule has 0 unspecified atom stereocenters. The van der Waals surface area contributed by atoms with Crippen molar-refractivity contribution in [2.75, 3.05) is 19.7 Å². The summed E-state index contributed by atoms with van der Waals surface area (Å²) in [6, 6.07) is 6.75. The number of pyridine rings is 2. The fourth-order valence-electron chi connectivity index (χ4n) is 3.23. The number of nitriles is 1. The molecule has 136 valence electrons. The maximum atomic E-state index is 13.2. The minimum atomic E-state index is -0.577. The predicted octanol–water partition coefficient (Wildman–Crippen LogP) is 2.41. The van der Waals surface area contributed by atoms with Gasteiger partial charge in [0.2, 0.25) is 11.9 Å². The number of hydrogen-bond donors (Lipinski definition) is 0. The molecule has 0 N–H and O–H groups in total. The van der Waals surface area contributed by atoms with Gasteiger partial charge in [0.05, 0.1) is 30.0 Å². The normalized spacial score (nSPS) is 13.9. The quantitative estimate of drug-likeness (QED) is 0.649. The van der Waals surface area contributed by atoms with Crippen LogP contribution in [0.25, 0.3) is 16.6 Å². The van der Waals surface area contributed by atoms with Crippen molar-refractivity contribution >= 4 is 11.4 Å². The highest BCUT2D eigenvalue weighted by Gasteiger charge is 2.20. The van der Waals surface area contributed by atoms with E-state index >= 15 is 0 Å². The summed E-state index contributed by atoms with van der Waals surface area (Å²) in [7, 11) is 0. The predicted molar refractivity (Wildman–Crippen MR) is 94.4 cm³/mol. The first-order valence-electron chi connectivity index (χ1n) is 8.59. The Kier molecular flexibility index (Phi) is 4.42. The Morgan fingerprint density at radius 2 is 2.22 bits per heavy atom. The molecule has 8 heteroatoms. The van der Waals surface area contributed by atoms with Gasteiger partial charge in [-0.3, -0.25) is 4.79 Å². The van der Waals surface area contributed by atoms with Crippen LogP contribution in [0.4, 0.5) is 4.39 Å². The first-order valence-corrected chi connectivity index (χ1v) is 8.59. The lowest BCUT2D eigenvalue weighted by Crippen LogP contribution is -2.29. The molecule has 0 aliphatic carbocycles. The Morgan fingerprint density at radius 1 is 1.33 bits per heavy atom. The molecule has 3 aromatic heterocycles.